The van der Waals surface area contributed by atoms with Crippen LogP contribution in [0.5, 0.6) is 5.75 Å². The SMILES string of the molecule is COc1ccc(CC(=O)N2CCC[C@@](O)(C(N)=O)C2)cc1. The topological polar surface area (TPSA) is 92.9 Å². The highest BCUT2D eigenvalue weighted by Gasteiger charge is 2.39. The molecule has 1 atom stereocenters. The lowest BCUT2D eigenvalue weighted by molar-refractivity contribution is -0.148. The number of carbonyl (C=O) groups is 2. The lowest BCUT2D eigenvalue weighted by Crippen LogP contribution is -2.57. The molecule has 21 heavy (non-hydrogen) atoms. The molecule has 0 radical (unpaired) electrons. The van der Waals surface area contributed by atoms with Crippen LogP contribution in [0.1, 0.15) is 18.4 Å². The second-order valence-electron chi connectivity index (χ2n) is 5.34. The van der Waals surface area contributed by atoms with Gasteiger partial charge in [-0.05, 0) is 30.5 Å². The molecule has 1 fully saturated rings. The molecule has 2 rings (SSSR count). The van der Waals surface area contributed by atoms with Gasteiger partial charge in [-0.1, -0.05) is 12.1 Å². The number of primary amides is 1. The van der Waals surface area contributed by atoms with Crippen LogP contribution in [0.2, 0.25) is 0 Å². The number of β-amino-alcohol motifs (C(OH)–C–C–N with tert-alkyl or cyclic N) is 1. The van der Waals surface area contributed by atoms with Crippen LogP contribution in [0.4, 0.5) is 0 Å². The zero-order valence-electron chi connectivity index (χ0n) is 12.0. The maximum absolute atomic E-state index is 12.3. The van der Waals surface area contributed by atoms with E-state index in [2.05, 4.69) is 0 Å². The summed E-state index contributed by atoms with van der Waals surface area (Å²) in [5.74, 6) is -0.170. The molecule has 6 heteroatoms. The van der Waals surface area contributed by atoms with Gasteiger partial charge in [0.2, 0.25) is 5.91 Å². The number of amides is 2. The van der Waals surface area contributed by atoms with Gasteiger partial charge in [-0.2, -0.15) is 0 Å². The maximum atomic E-state index is 12.3. The van der Waals surface area contributed by atoms with Crippen LogP contribution in [-0.4, -0.2) is 47.6 Å². The zero-order chi connectivity index (χ0) is 15.5. The van der Waals surface area contributed by atoms with Gasteiger partial charge in [0.1, 0.15) is 5.75 Å². The molecule has 1 aromatic rings. The molecule has 1 aliphatic rings. The minimum atomic E-state index is -1.60. The highest BCUT2D eigenvalue weighted by molar-refractivity contribution is 5.85. The fraction of sp³-hybridized carbons (Fsp3) is 0.467. The molecule has 0 bridgehead atoms. The van der Waals surface area contributed by atoms with Gasteiger partial charge in [0.25, 0.3) is 5.91 Å². The first-order valence-electron chi connectivity index (χ1n) is 6.87. The maximum Gasteiger partial charge on any atom is 0.251 e. The molecule has 2 amide bonds. The molecule has 3 N–H and O–H groups in total. The third-order valence-corrected chi connectivity index (χ3v) is 3.80. The summed E-state index contributed by atoms with van der Waals surface area (Å²) >= 11 is 0. The van der Waals surface area contributed by atoms with E-state index in [0.29, 0.717) is 19.4 Å². The van der Waals surface area contributed by atoms with E-state index in [0.717, 1.165) is 11.3 Å². The van der Waals surface area contributed by atoms with Crippen LogP contribution in [0.15, 0.2) is 24.3 Å². The van der Waals surface area contributed by atoms with E-state index in [4.69, 9.17) is 10.5 Å². The molecule has 0 aromatic heterocycles. The van der Waals surface area contributed by atoms with Crippen molar-refractivity contribution in [3.63, 3.8) is 0 Å². The molecule has 1 aliphatic heterocycles. The lowest BCUT2D eigenvalue weighted by Gasteiger charge is -2.37. The van der Waals surface area contributed by atoms with E-state index >= 15 is 0 Å². The fourth-order valence-corrected chi connectivity index (χ4v) is 2.48. The second kappa shape index (κ2) is 6.13. The molecular weight excluding hydrogens is 272 g/mol. The van der Waals surface area contributed by atoms with Crippen molar-refractivity contribution in [2.24, 2.45) is 5.73 Å². The monoisotopic (exact) mass is 292 g/mol. The Balaban J connectivity index is 2.00. The summed E-state index contributed by atoms with van der Waals surface area (Å²) in [5, 5.41) is 10.1. The number of nitrogens with two attached hydrogens (primary N) is 1. The van der Waals surface area contributed by atoms with Gasteiger partial charge in [-0.15, -0.1) is 0 Å². The number of likely N-dealkylation sites (tertiary alicyclic amines) is 1. The van der Waals surface area contributed by atoms with Crippen LogP contribution >= 0.6 is 0 Å². The first-order valence-corrected chi connectivity index (χ1v) is 6.87. The largest absolute Gasteiger partial charge is 0.497 e. The molecule has 0 aliphatic carbocycles. The third-order valence-electron chi connectivity index (χ3n) is 3.80. The van der Waals surface area contributed by atoms with Gasteiger partial charge in [0, 0.05) is 6.54 Å². The third kappa shape index (κ3) is 3.52. The summed E-state index contributed by atoms with van der Waals surface area (Å²) in [6.07, 6.45) is 1.08. The zero-order valence-corrected chi connectivity index (χ0v) is 12.0. The van der Waals surface area contributed by atoms with Gasteiger partial charge in [-0.25, -0.2) is 0 Å². The molecule has 1 aromatic carbocycles. The summed E-state index contributed by atoms with van der Waals surface area (Å²) in [6.45, 7) is 0.502. The summed E-state index contributed by atoms with van der Waals surface area (Å²) in [4.78, 5) is 25.1. The average molecular weight is 292 g/mol. The van der Waals surface area contributed by atoms with Crippen molar-refractivity contribution in [2.75, 3.05) is 20.2 Å². The predicted octanol–water partition coefficient (Wildman–Crippen LogP) is 0.0765. The van der Waals surface area contributed by atoms with E-state index in [1.807, 2.05) is 12.1 Å². The Bertz CT molecular complexity index is 529. The quantitative estimate of drug-likeness (QED) is 0.821. The van der Waals surface area contributed by atoms with E-state index in [-0.39, 0.29) is 18.9 Å². The smallest absolute Gasteiger partial charge is 0.251 e. The van der Waals surface area contributed by atoms with Gasteiger partial charge >= 0.3 is 0 Å². The molecule has 6 nitrogen and oxygen atoms in total. The number of rotatable bonds is 4. The van der Waals surface area contributed by atoms with Gasteiger partial charge in [0.15, 0.2) is 5.60 Å². The Hall–Kier alpha value is -2.08. The molecule has 0 saturated carbocycles. The number of ether oxygens (including phenoxy) is 1. The molecular formula is C15H20N2O4. The first-order chi connectivity index (χ1) is 9.94. The van der Waals surface area contributed by atoms with E-state index in [9.17, 15) is 14.7 Å². The van der Waals surface area contributed by atoms with Crippen molar-refractivity contribution in [1.29, 1.82) is 0 Å². The van der Waals surface area contributed by atoms with Crippen LogP contribution < -0.4 is 10.5 Å². The van der Waals surface area contributed by atoms with E-state index in [1.165, 1.54) is 4.90 Å². The Morgan fingerprint density at radius 1 is 1.38 bits per heavy atom. The standard InChI is InChI=1S/C15H20N2O4/c1-21-12-5-3-11(4-6-12)9-13(18)17-8-2-7-15(20,10-17)14(16)19/h3-6,20H,2,7-10H2,1H3,(H2,16,19)/t15-/m0/s1. The van der Waals surface area contributed by atoms with Crippen LogP contribution in [0, 0.1) is 0 Å². The molecule has 114 valence electrons. The Morgan fingerprint density at radius 2 is 2.05 bits per heavy atom. The molecule has 1 heterocycles. The number of piperidine rings is 1. The van der Waals surface area contributed by atoms with Crippen molar-refractivity contribution in [3.8, 4) is 5.75 Å². The average Bonchev–Trinajstić information content (AvgIpc) is 2.48. The fourth-order valence-electron chi connectivity index (χ4n) is 2.48. The normalized spacial score (nSPS) is 21.9. The summed E-state index contributed by atoms with van der Waals surface area (Å²) in [5.41, 5.74) is 4.46. The van der Waals surface area contributed by atoms with Crippen molar-refractivity contribution in [3.05, 3.63) is 29.8 Å². The number of carbonyl (C=O) groups excluding carboxylic acids is 2. The van der Waals surface area contributed by atoms with Crippen molar-refractivity contribution in [1.82, 2.24) is 4.90 Å². The highest BCUT2D eigenvalue weighted by Crippen LogP contribution is 2.22. The van der Waals surface area contributed by atoms with Crippen molar-refractivity contribution >= 4 is 11.8 Å². The Kier molecular flexibility index (Phi) is 4.47. The number of hydrogen-bond donors (Lipinski definition) is 2. The minimum Gasteiger partial charge on any atom is -0.497 e. The Labute approximate surface area is 123 Å². The van der Waals surface area contributed by atoms with Gasteiger partial charge < -0.3 is 20.5 Å². The minimum absolute atomic E-state index is 0.0304. The first kappa shape index (κ1) is 15.3. The van der Waals surface area contributed by atoms with Crippen molar-refractivity contribution < 1.29 is 19.4 Å². The Morgan fingerprint density at radius 3 is 2.62 bits per heavy atom. The van der Waals surface area contributed by atoms with Crippen LogP contribution in [0.25, 0.3) is 0 Å². The number of benzene rings is 1. The molecule has 1 saturated heterocycles. The number of aliphatic hydroxyl groups is 1. The van der Waals surface area contributed by atoms with Gasteiger partial charge in [0.05, 0.1) is 20.1 Å². The number of nitrogens with zero attached hydrogens (tertiary/aromatic N) is 1. The van der Waals surface area contributed by atoms with Crippen LogP contribution in [0.3, 0.4) is 0 Å². The number of hydrogen-bond acceptors (Lipinski definition) is 4. The lowest BCUT2D eigenvalue weighted by atomic mass is 9.92. The molecule has 0 unspecified atom stereocenters. The van der Waals surface area contributed by atoms with E-state index < -0.39 is 11.5 Å². The highest BCUT2D eigenvalue weighted by atomic mass is 16.5. The summed E-state index contributed by atoms with van der Waals surface area (Å²) in [6, 6.07) is 7.22. The van der Waals surface area contributed by atoms with Crippen LogP contribution in [-0.2, 0) is 16.0 Å². The summed E-state index contributed by atoms with van der Waals surface area (Å²) in [7, 11) is 1.58. The summed E-state index contributed by atoms with van der Waals surface area (Å²) < 4.78 is 5.06. The van der Waals surface area contributed by atoms with Crippen molar-refractivity contribution in [2.45, 2.75) is 24.9 Å². The van der Waals surface area contributed by atoms with Gasteiger partial charge in [-0.3, -0.25) is 9.59 Å². The number of methoxy groups -OCH3 is 1. The molecule has 0 spiro atoms. The predicted molar refractivity (Wildman–Crippen MR) is 76.7 cm³/mol. The second-order valence-corrected chi connectivity index (χ2v) is 5.34. The van der Waals surface area contributed by atoms with E-state index in [1.54, 1.807) is 19.2 Å².